The third kappa shape index (κ3) is 3.79. The highest BCUT2D eigenvalue weighted by Crippen LogP contribution is 2.30. The third-order valence-corrected chi connectivity index (χ3v) is 4.50. The summed E-state index contributed by atoms with van der Waals surface area (Å²) in [6, 6.07) is 13.8. The molecule has 26 heavy (non-hydrogen) atoms. The average molecular weight is 352 g/mol. The van der Waals surface area contributed by atoms with Gasteiger partial charge in [0, 0.05) is 47.0 Å². The molecule has 4 N–H and O–H groups in total. The van der Waals surface area contributed by atoms with Crippen molar-refractivity contribution in [1.82, 2.24) is 9.88 Å². The number of hydrogen-bond acceptors (Lipinski definition) is 2. The largest absolute Gasteiger partial charge is 0.352 e. The van der Waals surface area contributed by atoms with Gasteiger partial charge in [0.2, 0.25) is 5.91 Å². The number of unbranched alkanes of at least 4 members (excludes halogenated alkanes) is 1. The SMILES string of the molecule is CCn1c2ccccc2c2cc(NC(=O)CCCCNC(N)=O)ccc21. The molecule has 3 rings (SSSR count). The van der Waals surface area contributed by atoms with E-state index in [0.717, 1.165) is 24.0 Å². The van der Waals surface area contributed by atoms with E-state index < -0.39 is 6.03 Å². The number of rotatable bonds is 7. The van der Waals surface area contributed by atoms with Gasteiger partial charge in [-0.2, -0.15) is 0 Å². The van der Waals surface area contributed by atoms with E-state index in [9.17, 15) is 9.59 Å². The second-order valence-corrected chi connectivity index (χ2v) is 6.29. The van der Waals surface area contributed by atoms with Crippen molar-refractivity contribution in [1.29, 1.82) is 0 Å². The minimum atomic E-state index is -0.533. The van der Waals surface area contributed by atoms with Gasteiger partial charge in [0.15, 0.2) is 0 Å². The summed E-state index contributed by atoms with van der Waals surface area (Å²) in [5, 5.41) is 7.82. The van der Waals surface area contributed by atoms with Crippen molar-refractivity contribution in [2.75, 3.05) is 11.9 Å². The summed E-state index contributed by atoms with van der Waals surface area (Å²) in [5.41, 5.74) is 8.18. The number of primary amides is 1. The number of nitrogens with zero attached hydrogens (tertiary/aromatic N) is 1. The van der Waals surface area contributed by atoms with E-state index in [2.05, 4.69) is 40.3 Å². The molecule has 0 radical (unpaired) electrons. The molecule has 0 saturated carbocycles. The normalized spacial score (nSPS) is 11.0. The molecular formula is C20H24N4O2. The highest BCUT2D eigenvalue weighted by Gasteiger charge is 2.10. The fourth-order valence-corrected chi connectivity index (χ4v) is 3.32. The topological polar surface area (TPSA) is 89.2 Å². The maximum Gasteiger partial charge on any atom is 0.312 e. The van der Waals surface area contributed by atoms with E-state index in [4.69, 9.17) is 5.73 Å². The number of amides is 3. The molecule has 0 bridgehead atoms. The molecule has 0 atom stereocenters. The molecule has 0 spiro atoms. The Morgan fingerprint density at radius 1 is 1.04 bits per heavy atom. The minimum absolute atomic E-state index is 0.0253. The lowest BCUT2D eigenvalue weighted by atomic mass is 10.1. The molecule has 0 saturated heterocycles. The molecule has 136 valence electrons. The van der Waals surface area contributed by atoms with Crippen molar-refractivity contribution in [3.05, 3.63) is 42.5 Å². The number of nitrogens with one attached hydrogen (secondary N) is 2. The first-order valence-electron chi connectivity index (χ1n) is 8.94. The number of aryl methyl sites for hydroxylation is 1. The quantitative estimate of drug-likeness (QED) is 0.567. The van der Waals surface area contributed by atoms with Crippen LogP contribution >= 0.6 is 0 Å². The second kappa shape index (κ2) is 7.91. The number of anilines is 1. The van der Waals surface area contributed by atoms with Gasteiger partial charge in [-0.15, -0.1) is 0 Å². The van der Waals surface area contributed by atoms with Crippen LogP contribution in [0.4, 0.5) is 10.5 Å². The molecule has 0 aliphatic carbocycles. The predicted molar refractivity (Wildman–Crippen MR) is 105 cm³/mol. The van der Waals surface area contributed by atoms with Crippen LogP contribution in [0, 0.1) is 0 Å². The Kier molecular flexibility index (Phi) is 5.41. The molecule has 1 aromatic heterocycles. The smallest absolute Gasteiger partial charge is 0.312 e. The molecule has 0 fully saturated rings. The molecule has 3 aromatic rings. The van der Waals surface area contributed by atoms with Gasteiger partial charge in [-0.05, 0) is 44.0 Å². The van der Waals surface area contributed by atoms with Crippen molar-refractivity contribution in [3.63, 3.8) is 0 Å². The van der Waals surface area contributed by atoms with E-state index in [1.807, 2.05) is 24.3 Å². The summed E-state index contributed by atoms with van der Waals surface area (Å²) in [5.74, 6) is -0.0253. The number of para-hydroxylation sites is 1. The van der Waals surface area contributed by atoms with E-state index in [1.165, 1.54) is 16.4 Å². The molecule has 1 heterocycles. The zero-order chi connectivity index (χ0) is 18.5. The fraction of sp³-hybridized carbons (Fsp3) is 0.300. The summed E-state index contributed by atoms with van der Waals surface area (Å²) >= 11 is 0. The number of hydrogen-bond donors (Lipinski definition) is 3. The number of fused-ring (bicyclic) bond motifs is 3. The fourth-order valence-electron chi connectivity index (χ4n) is 3.32. The summed E-state index contributed by atoms with van der Waals surface area (Å²) in [6.45, 7) is 3.52. The number of carbonyl (C=O) groups is 2. The number of aromatic nitrogens is 1. The zero-order valence-corrected chi connectivity index (χ0v) is 14.9. The minimum Gasteiger partial charge on any atom is -0.352 e. The van der Waals surface area contributed by atoms with Crippen LogP contribution in [-0.2, 0) is 11.3 Å². The van der Waals surface area contributed by atoms with Crippen molar-refractivity contribution < 1.29 is 9.59 Å². The van der Waals surface area contributed by atoms with E-state index >= 15 is 0 Å². The van der Waals surface area contributed by atoms with E-state index in [0.29, 0.717) is 19.4 Å². The molecule has 6 nitrogen and oxygen atoms in total. The first-order chi connectivity index (χ1) is 12.6. The predicted octanol–water partition coefficient (Wildman–Crippen LogP) is 3.59. The Balaban J connectivity index is 1.70. The average Bonchev–Trinajstić information content (AvgIpc) is 2.94. The van der Waals surface area contributed by atoms with Crippen molar-refractivity contribution in [2.45, 2.75) is 32.7 Å². The Labute approximate surface area is 152 Å². The van der Waals surface area contributed by atoms with Gasteiger partial charge >= 0.3 is 6.03 Å². The Hall–Kier alpha value is -3.02. The van der Waals surface area contributed by atoms with E-state index in [-0.39, 0.29) is 5.91 Å². The molecule has 6 heteroatoms. The molecular weight excluding hydrogens is 328 g/mol. The third-order valence-electron chi connectivity index (χ3n) is 4.50. The lowest BCUT2D eigenvalue weighted by Gasteiger charge is -2.07. The Morgan fingerprint density at radius 3 is 2.58 bits per heavy atom. The monoisotopic (exact) mass is 352 g/mol. The van der Waals surface area contributed by atoms with Gasteiger partial charge in [0.1, 0.15) is 0 Å². The van der Waals surface area contributed by atoms with Gasteiger partial charge in [0.05, 0.1) is 0 Å². The number of nitrogens with two attached hydrogens (primary N) is 1. The molecule has 0 unspecified atom stereocenters. The second-order valence-electron chi connectivity index (χ2n) is 6.29. The van der Waals surface area contributed by atoms with Crippen LogP contribution < -0.4 is 16.4 Å². The maximum atomic E-state index is 12.1. The van der Waals surface area contributed by atoms with Gasteiger partial charge in [0.25, 0.3) is 0 Å². The van der Waals surface area contributed by atoms with E-state index in [1.54, 1.807) is 0 Å². The van der Waals surface area contributed by atoms with Crippen LogP contribution in [0.1, 0.15) is 26.2 Å². The van der Waals surface area contributed by atoms with Crippen molar-refractivity contribution >= 4 is 39.4 Å². The Bertz CT molecular complexity index is 946. The van der Waals surface area contributed by atoms with Crippen LogP contribution in [0.15, 0.2) is 42.5 Å². The number of urea groups is 1. The lowest BCUT2D eigenvalue weighted by molar-refractivity contribution is -0.116. The van der Waals surface area contributed by atoms with Crippen molar-refractivity contribution in [3.8, 4) is 0 Å². The van der Waals surface area contributed by atoms with Gasteiger partial charge in [-0.25, -0.2) is 4.79 Å². The lowest BCUT2D eigenvalue weighted by Crippen LogP contribution is -2.30. The van der Waals surface area contributed by atoms with Crippen LogP contribution in [0.2, 0.25) is 0 Å². The molecule has 3 amide bonds. The van der Waals surface area contributed by atoms with Crippen molar-refractivity contribution in [2.24, 2.45) is 5.73 Å². The van der Waals surface area contributed by atoms with Crippen LogP contribution in [0.25, 0.3) is 21.8 Å². The summed E-state index contributed by atoms with van der Waals surface area (Å²) in [7, 11) is 0. The Morgan fingerprint density at radius 2 is 1.81 bits per heavy atom. The number of benzene rings is 2. The maximum absolute atomic E-state index is 12.1. The number of carbonyl (C=O) groups excluding carboxylic acids is 2. The highest BCUT2D eigenvalue weighted by atomic mass is 16.2. The standard InChI is InChI=1S/C20H24N4O2/c1-2-24-17-8-4-3-7-15(17)16-13-14(10-11-18(16)24)23-19(25)9-5-6-12-22-20(21)26/h3-4,7-8,10-11,13H,2,5-6,9,12H2,1H3,(H,23,25)(H3,21,22,26). The van der Waals surface area contributed by atoms with Crippen LogP contribution in [0.3, 0.4) is 0 Å². The molecule has 0 aliphatic heterocycles. The summed E-state index contributed by atoms with van der Waals surface area (Å²) in [4.78, 5) is 22.7. The first-order valence-corrected chi connectivity index (χ1v) is 8.94. The van der Waals surface area contributed by atoms with Crippen LogP contribution in [0.5, 0.6) is 0 Å². The van der Waals surface area contributed by atoms with Crippen LogP contribution in [-0.4, -0.2) is 23.1 Å². The van der Waals surface area contributed by atoms with Gasteiger partial charge in [-0.1, -0.05) is 18.2 Å². The first kappa shape index (κ1) is 17.8. The summed E-state index contributed by atoms with van der Waals surface area (Å²) < 4.78 is 2.28. The molecule has 0 aliphatic rings. The zero-order valence-electron chi connectivity index (χ0n) is 14.9. The summed E-state index contributed by atoms with van der Waals surface area (Å²) in [6.07, 6.45) is 1.83. The molecule has 2 aromatic carbocycles. The highest BCUT2D eigenvalue weighted by molar-refractivity contribution is 6.09. The van der Waals surface area contributed by atoms with Gasteiger partial charge < -0.3 is 20.9 Å². The van der Waals surface area contributed by atoms with Gasteiger partial charge in [-0.3, -0.25) is 4.79 Å².